The van der Waals surface area contributed by atoms with E-state index in [0.717, 1.165) is 26.7 Å². The highest BCUT2D eigenvalue weighted by molar-refractivity contribution is 5.98. The van der Waals surface area contributed by atoms with Gasteiger partial charge in [-0.25, -0.2) is 9.78 Å². The van der Waals surface area contributed by atoms with Crippen LogP contribution in [0.2, 0.25) is 0 Å². The molecule has 8 amide bonds. The quantitative estimate of drug-likeness (QED) is 0.178. The van der Waals surface area contributed by atoms with Crippen molar-refractivity contribution in [2.24, 2.45) is 17.8 Å². The lowest BCUT2D eigenvalue weighted by molar-refractivity contribution is -0.176. The summed E-state index contributed by atoms with van der Waals surface area (Å²) in [5.41, 5.74) is 1.08. The zero-order chi connectivity index (χ0) is 61.8. The number of anilines is 1. The van der Waals surface area contributed by atoms with E-state index in [0.29, 0.717) is 30.4 Å². The van der Waals surface area contributed by atoms with Gasteiger partial charge in [0, 0.05) is 73.8 Å². The fourth-order valence-corrected chi connectivity index (χ4v) is 10.6. The fourth-order valence-electron chi connectivity index (χ4n) is 10.6. The normalized spacial score (nSPS) is 24.7. The first kappa shape index (κ1) is 66.4. The SMILES string of the molecule is CCC(C)C1NC(=O)C2CCCN2C(=O)C(Cc2cccc(-c3ccnc(N(C)C)c3)c2)N(C)C(=O)C(Cc2ccccc2)NC(=O)CN(C)C(=O)C([C@H](C)CC)OC(=O)C(C(C)(C)O)N(C)C(=O)C(CC(C)C)NC(=O)[C@H](C)N(C)C1=O. The van der Waals surface area contributed by atoms with Crippen LogP contribution in [0.1, 0.15) is 106 Å². The van der Waals surface area contributed by atoms with Crippen LogP contribution in [0.15, 0.2) is 72.9 Å². The molecule has 21 nitrogen and oxygen atoms in total. The second-order valence-corrected chi connectivity index (χ2v) is 23.8. The smallest absolute Gasteiger partial charge is 0.332 e. The van der Waals surface area contributed by atoms with Gasteiger partial charge in [-0.2, -0.15) is 0 Å². The molecule has 4 N–H and O–H groups in total. The van der Waals surface area contributed by atoms with Crippen molar-refractivity contribution >= 4 is 59.0 Å². The third-order valence-corrected chi connectivity index (χ3v) is 16.2. The number of amides is 8. The average Bonchev–Trinajstić information content (AvgIpc) is 3.99. The molecule has 2 aromatic carbocycles. The number of likely N-dealkylation sites (N-methyl/N-ethyl adjacent to an activating group) is 4. The Morgan fingerprint density at radius 3 is 1.94 bits per heavy atom. The number of nitrogens with one attached hydrogen (secondary N) is 3. The summed E-state index contributed by atoms with van der Waals surface area (Å²) in [6.45, 7) is 14.4. The van der Waals surface area contributed by atoms with Crippen molar-refractivity contribution in [2.45, 2.75) is 161 Å². The van der Waals surface area contributed by atoms with Gasteiger partial charge >= 0.3 is 5.97 Å². The summed E-state index contributed by atoms with van der Waals surface area (Å²) >= 11 is 0. The number of nitrogens with zero attached hydrogens (tertiary/aromatic N) is 7. The van der Waals surface area contributed by atoms with Gasteiger partial charge in [0.15, 0.2) is 12.1 Å². The molecule has 1 aromatic heterocycles. The summed E-state index contributed by atoms with van der Waals surface area (Å²) in [5, 5.41) is 20.1. The van der Waals surface area contributed by atoms with Gasteiger partial charge in [-0.3, -0.25) is 38.4 Å². The Balaban J connectivity index is 1.66. The van der Waals surface area contributed by atoms with Crippen LogP contribution in [0.4, 0.5) is 5.82 Å². The summed E-state index contributed by atoms with van der Waals surface area (Å²) in [7, 11) is 9.31. The van der Waals surface area contributed by atoms with Gasteiger partial charge in [0.1, 0.15) is 42.1 Å². The number of ether oxygens (including phenoxy) is 1. The van der Waals surface area contributed by atoms with Gasteiger partial charge in [-0.1, -0.05) is 103 Å². The van der Waals surface area contributed by atoms with Crippen LogP contribution in [-0.4, -0.2) is 197 Å². The molecule has 5 rings (SSSR count). The van der Waals surface area contributed by atoms with Crippen LogP contribution in [0.25, 0.3) is 11.1 Å². The summed E-state index contributed by atoms with van der Waals surface area (Å²) in [5.74, 6) is -7.08. The lowest BCUT2D eigenvalue weighted by Gasteiger charge is -2.38. The van der Waals surface area contributed by atoms with Crippen molar-refractivity contribution in [3.05, 3.63) is 84.1 Å². The molecule has 83 heavy (non-hydrogen) atoms. The maximum atomic E-state index is 15.5. The molecule has 454 valence electrons. The van der Waals surface area contributed by atoms with E-state index in [1.165, 1.54) is 63.7 Å². The maximum Gasteiger partial charge on any atom is 0.332 e. The lowest BCUT2D eigenvalue weighted by atomic mass is 9.94. The Morgan fingerprint density at radius 1 is 0.699 bits per heavy atom. The van der Waals surface area contributed by atoms with Crippen molar-refractivity contribution in [2.75, 3.05) is 60.3 Å². The zero-order valence-corrected chi connectivity index (χ0v) is 51.3. The molecule has 21 heteroatoms. The van der Waals surface area contributed by atoms with Crippen LogP contribution in [0.5, 0.6) is 0 Å². The summed E-state index contributed by atoms with van der Waals surface area (Å²) in [4.78, 5) is 145. The van der Waals surface area contributed by atoms with Crippen LogP contribution >= 0.6 is 0 Å². The molecule has 8 unspecified atom stereocenters. The predicted octanol–water partition coefficient (Wildman–Crippen LogP) is 3.84. The van der Waals surface area contributed by atoms with Crippen molar-refractivity contribution in [1.82, 2.24) is 45.4 Å². The molecule has 2 aliphatic heterocycles. The van der Waals surface area contributed by atoms with E-state index < -0.39 is 126 Å². The number of hydrogen-bond acceptors (Lipinski definition) is 13. The number of rotatable bonds is 13. The van der Waals surface area contributed by atoms with Gasteiger partial charge < -0.3 is 55.2 Å². The average molecular weight is 1150 g/mol. The summed E-state index contributed by atoms with van der Waals surface area (Å²) in [6.07, 6.45) is 1.67. The van der Waals surface area contributed by atoms with E-state index >= 15 is 9.59 Å². The fraction of sp³-hybridized carbons (Fsp3) is 0.581. The molecule has 0 bridgehead atoms. The number of hydrogen-bond donors (Lipinski definition) is 4. The van der Waals surface area contributed by atoms with Crippen LogP contribution < -0.4 is 20.9 Å². The van der Waals surface area contributed by atoms with E-state index in [2.05, 4.69) is 20.9 Å². The summed E-state index contributed by atoms with van der Waals surface area (Å²) < 4.78 is 5.98. The molecule has 0 radical (unpaired) electrons. The Labute approximate surface area is 490 Å². The number of pyridine rings is 1. The van der Waals surface area contributed by atoms with Gasteiger partial charge in [0.25, 0.3) is 5.91 Å². The first-order valence-corrected chi connectivity index (χ1v) is 29.0. The van der Waals surface area contributed by atoms with Gasteiger partial charge in [-0.15, -0.1) is 0 Å². The van der Waals surface area contributed by atoms with Crippen molar-refractivity contribution in [3.63, 3.8) is 0 Å². The van der Waals surface area contributed by atoms with Crippen LogP contribution in [-0.2, 0) is 60.7 Å². The molecule has 2 aliphatic rings. The minimum Gasteiger partial charge on any atom is -0.450 e. The Hall–Kier alpha value is -7.42. The predicted molar refractivity (Wildman–Crippen MR) is 316 cm³/mol. The number of aliphatic hydroxyl groups is 1. The number of esters is 1. The van der Waals surface area contributed by atoms with Gasteiger partial charge in [0.05, 0.1) is 12.1 Å². The second-order valence-electron chi connectivity index (χ2n) is 23.8. The van der Waals surface area contributed by atoms with Crippen molar-refractivity contribution in [1.29, 1.82) is 0 Å². The Bertz CT molecular complexity index is 2790. The molecule has 3 aromatic rings. The molecule has 10 atom stereocenters. The minimum atomic E-state index is -1.97. The molecular formula is C62H90N10O11. The van der Waals surface area contributed by atoms with Crippen molar-refractivity contribution < 1.29 is 53.0 Å². The van der Waals surface area contributed by atoms with Crippen LogP contribution in [0.3, 0.4) is 0 Å². The second kappa shape index (κ2) is 29.2. The highest BCUT2D eigenvalue weighted by Gasteiger charge is 2.46. The Morgan fingerprint density at radius 2 is 1.33 bits per heavy atom. The van der Waals surface area contributed by atoms with Gasteiger partial charge in [0.2, 0.25) is 41.4 Å². The largest absolute Gasteiger partial charge is 0.450 e. The summed E-state index contributed by atoms with van der Waals surface area (Å²) in [6, 6.07) is 11.4. The third kappa shape index (κ3) is 16.9. The van der Waals surface area contributed by atoms with E-state index in [1.807, 2.05) is 82.2 Å². The number of aromatic nitrogens is 1. The molecule has 2 saturated heterocycles. The number of fused-ring (bicyclic) bond motifs is 1. The van der Waals surface area contributed by atoms with Gasteiger partial charge in [-0.05, 0) is 92.7 Å². The molecule has 3 heterocycles. The number of cyclic esters (lactones) is 1. The molecular weight excluding hydrogens is 1060 g/mol. The van der Waals surface area contributed by atoms with E-state index in [4.69, 9.17) is 4.74 Å². The standard InChI is InChI=1S/C62H90N10O11/c1-16-38(5)51-59(79)69(13)40(7)54(74)65-45(31-37(3)4)57(77)71(15)53(62(8,9)82)61(81)83-52(39(6)17-2)60(80)68(12)36-50(73)64-46(33-41-23-19-18-20-24-41)56(76)70(14)48(58(78)72-30-22-27-47(72)55(75)66-51)34-42-25-21-26-43(32-42)44-28-29-63-49(35-44)67(10)11/h18-21,23-26,28-29,32,35,37-40,45-48,51-53,82H,16-17,22,27,30-31,33-34,36H2,1-15H3,(H,64,73)(H,65,74)(H,66,75)/t38?,39-,40+,45?,46?,47?,48?,51?,52?,53?/m1/s1. The molecule has 2 fully saturated rings. The van der Waals surface area contributed by atoms with E-state index in [1.54, 1.807) is 51.2 Å². The molecule has 0 spiro atoms. The Kier molecular flexibility index (Phi) is 23.4. The number of benzene rings is 2. The molecule has 0 aliphatic carbocycles. The third-order valence-electron chi connectivity index (χ3n) is 16.2. The van der Waals surface area contributed by atoms with E-state index in [-0.39, 0.29) is 38.1 Å². The number of carbonyl (C=O) groups excluding carboxylic acids is 9. The van der Waals surface area contributed by atoms with Crippen LogP contribution in [0, 0.1) is 17.8 Å². The number of carbonyl (C=O) groups is 9. The lowest BCUT2D eigenvalue weighted by Crippen LogP contribution is -2.62. The first-order chi connectivity index (χ1) is 39.0. The zero-order valence-electron chi connectivity index (χ0n) is 51.3. The molecule has 0 saturated carbocycles. The topological polar surface area (TPSA) is 252 Å². The first-order valence-electron chi connectivity index (χ1n) is 29.0. The highest BCUT2D eigenvalue weighted by Crippen LogP contribution is 2.28. The van der Waals surface area contributed by atoms with Crippen molar-refractivity contribution in [3.8, 4) is 11.1 Å². The van der Waals surface area contributed by atoms with E-state index in [9.17, 15) is 38.7 Å². The monoisotopic (exact) mass is 1150 g/mol. The highest BCUT2D eigenvalue weighted by atomic mass is 16.6. The maximum absolute atomic E-state index is 15.5. The minimum absolute atomic E-state index is 0.0171.